The molecule has 16 atom stereocenters. The number of allylic oxidation sites excluding steroid dienone is 10. The minimum atomic E-state index is -0.426. The van der Waals surface area contributed by atoms with Gasteiger partial charge in [0.2, 0.25) is 0 Å². The Labute approximate surface area is 497 Å². The molecule has 0 aromatic rings. The zero-order valence-electron chi connectivity index (χ0n) is 53.3. The molecule has 0 spiro atoms. The van der Waals surface area contributed by atoms with Gasteiger partial charge in [-0.05, 0) is 134 Å². The van der Waals surface area contributed by atoms with E-state index < -0.39 is 11.9 Å². The Morgan fingerprint density at radius 2 is 0.663 bits per heavy atom. The van der Waals surface area contributed by atoms with Gasteiger partial charge in [-0.25, -0.2) is 9.59 Å². The SMILES string of the molecule is C=C(C)C(=O)OC(C)COC(C)COC(C)COC(C)COC(C)COC(C)COC(C)COC1=CC2=CC=C1C2C1(C)C2=CC=C1C(OCC(C)OCC(C)OCC(C)OCC(C)OCC(C)OCC(C)OCC(C)OC(=O)C(=C)C)=C2. The fourth-order valence-corrected chi connectivity index (χ4v) is 9.01. The summed E-state index contributed by atoms with van der Waals surface area (Å²) in [7, 11) is 0. The van der Waals surface area contributed by atoms with Crippen molar-refractivity contribution in [1.29, 1.82) is 0 Å². The summed E-state index contributed by atoms with van der Waals surface area (Å²) in [6.07, 6.45) is 10.6. The molecule has 0 radical (unpaired) electrons. The van der Waals surface area contributed by atoms with Crippen molar-refractivity contribution in [2.75, 3.05) is 92.5 Å². The minimum absolute atomic E-state index is 0.126. The molecule has 0 N–H and O–H groups in total. The van der Waals surface area contributed by atoms with Crippen molar-refractivity contribution in [3.05, 3.63) is 94.6 Å². The van der Waals surface area contributed by atoms with Crippen molar-refractivity contribution in [1.82, 2.24) is 0 Å². The smallest absolute Gasteiger partial charge is 0.333 e. The van der Waals surface area contributed by atoms with Crippen LogP contribution in [-0.4, -0.2) is 190 Å². The maximum atomic E-state index is 11.7. The largest absolute Gasteiger partial charge is 0.491 e. The van der Waals surface area contributed by atoms with Crippen LogP contribution in [-0.2, 0) is 85.4 Å². The van der Waals surface area contributed by atoms with Crippen LogP contribution in [0.1, 0.15) is 118 Å². The van der Waals surface area contributed by atoms with E-state index in [1.54, 1.807) is 27.7 Å². The molecule has 0 amide bonds. The molecule has 0 fully saturated rings. The molecule has 0 saturated heterocycles. The van der Waals surface area contributed by atoms with Gasteiger partial charge in [-0.3, -0.25) is 0 Å². The highest BCUT2D eigenvalue weighted by Gasteiger charge is 2.54. The zero-order chi connectivity index (χ0) is 61.4. The molecular weight excluding hydrogens is 1070 g/mol. The van der Waals surface area contributed by atoms with Crippen LogP contribution in [0.25, 0.3) is 0 Å². The molecule has 0 saturated carbocycles. The monoisotopic (exact) mass is 1170 g/mol. The number of fused-ring (bicyclic) bond motifs is 5. The quantitative estimate of drug-likeness (QED) is 0.0414. The van der Waals surface area contributed by atoms with Gasteiger partial charge in [-0.1, -0.05) is 44.4 Å². The molecule has 4 aliphatic carbocycles. The molecular formula is C65H104O18. The van der Waals surface area contributed by atoms with Crippen LogP contribution in [0.2, 0.25) is 0 Å². The lowest BCUT2D eigenvalue weighted by Crippen LogP contribution is -2.30. The van der Waals surface area contributed by atoms with Crippen LogP contribution in [0.5, 0.6) is 0 Å². The summed E-state index contributed by atoms with van der Waals surface area (Å²) in [6.45, 7) is 45.4. The summed E-state index contributed by atoms with van der Waals surface area (Å²) in [5, 5.41) is 0. The van der Waals surface area contributed by atoms with Crippen LogP contribution in [0, 0.1) is 11.3 Å². The van der Waals surface area contributed by atoms with Crippen LogP contribution >= 0.6 is 0 Å². The third-order valence-corrected chi connectivity index (χ3v) is 14.0. The first-order chi connectivity index (χ1) is 39.2. The molecule has 16 unspecified atom stereocenters. The topological polar surface area (TPSA) is 182 Å². The van der Waals surface area contributed by atoms with E-state index >= 15 is 0 Å². The summed E-state index contributed by atoms with van der Waals surface area (Å²) in [6, 6.07) is 0. The van der Waals surface area contributed by atoms with E-state index in [4.69, 9.17) is 75.8 Å². The van der Waals surface area contributed by atoms with Crippen LogP contribution < -0.4 is 0 Å². The minimum Gasteiger partial charge on any atom is -0.491 e. The van der Waals surface area contributed by atoms with E-state index in [2.05, 4.69) is 56.5 Å². The molecule has 83 heavy (non-hydrogen) atoms. The van der Waals surface area contributed by atoms with Crippen molar-refractivity contribution in [3.63, 3.8) is 0 Å². The standard InChI is InChI=1S/C65H104O18/c1-40(2)63(66)82-54(17)38-78-50(13)34-74-46(9)30-70-42(5)26-68-44(7)28-72-48(11)32-76-52(15)36-80-60-24-56-20-22-58(60)62(56)65(19)57-21-23-59(65)61(25-57)81-37-53(16)77-33-49(12)73-29-45(8)69-27-43(6)71-31-47(10)75-35-51(14)79-39-55(18)83-64(67)41(3)4/h20-25,42-55,62H,1,3,26-39H2,2,4-19H3. The Kier molecular flexibility index (Phi) is 31.2. The molecule has 0 heterocycles. The highest BCUT2D eigenvalue weighted by Crippen LogP contribution is 2.62. The normalized spacial score (nSPS) is 22.2. The number of ether oxygens (including phenoxy) is 16. The van der Waals surface area contributed by atoms with Gasteiger partial charge in [0.1, 0.15) is 36.9 Å². The lowest BCUT2D eigenvalue weighted by Gasteiger charge is -2.33. The molecule has 4 aliphatic rings. The molecule has 18 heteroatoms. The fourth-order valence-electron chi connectivity index (χ4n) is 9.01. The maximum Gasteiger partial charge on any atom is 0.333 e. The lowest BCUT2D eigenvalue weighted by atomic mass is 9.69. The predicted octanol–water partition coefficient (Wildman–Crippen LogP) is 10.0. The number of carbonyl (C=O) groups is 2. The summed E-state index contributed by atoms with van der Waals surface area (Å²) in [5.74, 6) is 1.05. The second-order valence-electron chi connectivity index (χ2n) is 23.5. The Balaban J connectivity index is 1.03. The van der Waals surface area contributed by atoms with E-state index in [9.17, 15) is 9.59 Å². The molecule has 0 aromatic carbocycles. The summed E-state index contributed by atoms with van der Waals surface area (Å²) in [5.41, 5.74) is 5.24. The highest BCUT2D eigenvalue weighted by molar-refractivity contribution is 5.87. The first kappa shape index (κ1) is 71.5. The van der Waals surface area contributed by atoms with Crippen molar-refractivity contribution in [2.24, 2.45) is 11.3 Å². The summed E-state index contributed by atoms with van der Waals surface area (Å²) in [4.78, 5) is 23.4. The number of carbonyl (C=O) groups excluding carboxylic acids is 2. The third kappa shape index (κ3) is 25.1. The Hall–Kier alpha value is -4.02. The molecule has 4 bridgehead atoms. The highest BCUT2D eigenvalue weighted by atomic mass is 16.6. The van der Waals surface area contributed by atoms with Gasteiger partial charge in [-0.15, -0.1) is 0 Å². The second kappa shape index (κ2) is 36.2. The Morgan fingerprint density at radius 1 is 0.386 bits per heavy atom. The third-order valence-electron chi connectivity index (χ3n) is 14.0. The van der Waals surface area contributed by atoms with Gasteiger partial charge in [-0.2, -0.15) is 0 Å². The number of rotatable bonds is 47. The maximum absolute atomic E-state index is 11.7. The number of hydrogen-bond acceptors (Lipinski definition) is 18. The average Bonchev–Trinajstić information content (AvgIpc) is 1.64. The van der Waals surface area contributed by atoms with E-state index in [0.717, 1.165) is 11.5 Å². The van der Waals surface area contributed by atoms with E-state index in [-0.39, 0.29) is 110 Å². The fraction of sp³-hybridized carbons (Fsp3) is 0.723. The van der Waals surface area contributed by atoms with E-state index in [1.807, 2.05) is 83.1 Å². The molecule has 4 rings (SSSR count). The van der Waals surface area contributed by atoms with Crippen molar-refractivity contribution < 1.29 is 85.4 Å². The number of esters is 2. The first-order valence-electron chi connectivity index (χ1n) is 29.9. The molecule has 18 nitrogen and oxygen atoms in total. The first-order valence-corrected chi connectivity index (χ1v) is 29.9. The van der Waals surface area contributed by atoms with Crippen molar-refractivity contribution in [2.45, 2.75) is 203 Å². The lowest BCUT2D eigenvalue weighted by molar-refractivity contribution is -0.149. The second-order valence-corrected chi connectivity index (χ2v) is 23.5. The van der Waals surface area contributed by atoms with Crippen LogP contribution in [0.3, 0.4) is 0 Å². The molecule has 0 aromatic heterocycles. The average molecular weight is 1170 g/mol. The van der Waals surface area contributed by atoms with Gasteiger partial charge >= 0.3 is 11.9 Å². The number of hydrogen-bond donors (Lipinski definition) is 0. The van der Waals surface area contributed by atoms with Gasteiger partial charge in [0.25, 0.3) is 0 Å². The molecule has 0 aliphatic heterocycles. The van der Waals surface area contributed by atoms with E-state index in [0.29, 0.717) is 90.4 Å². The Bertz CT molecular complexity index is 2230. The summed E-state index contributed by atoms with van der Waals surface area (Å²) >= 11 is 0. The van der Waals surface area contributed by atoms with Crippen LogP contribution in [0.4, 0.5) is 0 Å². The zero-order valence-corrected chi connectivity index (χ0v) is 53.3. The van der Waals surface area contributed by atoms with Gasteiger partial charge in [0.15, 0.2) is 0 Å². The van der Waals surface area contributed by atoms with Gasteiger partial charge < -0.3 is 75.8 Å². The predicted molar refractivity (Wildman–Crippen MR) is 318 cm³/mol. The van der Waals surface area contributed by atoms with Crippen LogP contribution in [0.15, 0.2) is 94.6 Å². The van der Waals surface area contributed by atoms with Gasteiger partial charge in [0, 0.05) is 33.6 Å². The van der Waals surface area contributed by atoms with Gasteiger partial charge in [0.05, 0.1) is 153 Å². The van der Waals surface area contributed by atoms with Crippen molar-refractivity contribution in [3.8, 4) is 0 Å². The summed E-state index contributed by atoms with van der Waals surface area (Å²) < 4.78 is 95.2. The van der Waals surface area contributed by atoms with E-state index in [1.165, 1.54) is 22.3 Å². The molecule has 472 valence electrons. The Morgan fingerprint density at radius 3 is 0.964 bits per heavy atom. The van der Waals surface area contributed by atoms with Crippen molar-refractivity contribution >= 4 is 11.9 Å².